The molecule has 0 saturated heterocycles. The van der Waals surface area contributed by atoms with Crippen LogP contribution in [0.1, 0.15) is 40.5 Å². The van der Waals surface area contributed by atoms with Crippen molar-refractivity contribution in [1.29, 1.82) is 0 Å². The van der Waals surface area contributed by atoms with Crippen LogP contribution < -0.4 is 0 Å². The molecular weight excluding hydrogens is 243 g/mol. The molecule has 0 saturated carbocycles. The average Bonchev–Trinajstić information content (AvgIpc) is 2.32. The predicted octanol–water partition coefficient (Wildman–Crippen LogP) is 3.19. The number of rotatable bonds is 9. The van der Waals surface area contributed by atoms with Crippen molar-refractivity contribution in [2.75, 3.05) is 13.7 Å². The van der Waals surface area contributed by atoms with Crippen LogP contribution in [0.2, 0.25) is 0 Å². The molecule has 0 fully saturated rings. The molecule has 17 heavy (non-hydrogen) atoms. The van der Waals surface area contributed by atoms with Crippen molar-refractivity contribution in [2.24, 2.45) is 5.92 Å². The minimum absolute atomic E-state index is 0.0927. The highest BCUT2D eigenvalue weighted by molar-refractivity contribution is 7.48. The Labute approximate surface area is 103 Å². The summed E-state index contributed by atoms with van der Waals surface area (Å²) in [6, 6.07) is 0. The van der Waals surface area contributed by atoms with Crippen molar-refractivity contribution < 1.29 is 22.9 Å². The molecule has 0 aliphatic carbocycles. The molecule has 0 bridgehead atoms. The monoisotopic (exact) mass is 266 g/mol. The molecule has 0 aromatic heterocycles. The summed E-state index contributed by atoms with van der Waals surface area (Å²) >= 11 is 0. The molecule has 0 radical (unpaired) electrons. The van der Waals surface area contributed by atoms with Gasteiger partial charge in [-0.1, -0.05) is 27.7 Å². The second-order valence-corrected chi connectivity index (χ2v) is 5.75. The van der Waals surface area contributed by atoms with Crippen LogP contribution in [0.3, 0.4) is 0 Å². The van der Waals surface area contributed by atoms with E-state index >= 15 is 0 Å². The lowest BCUT2D eigenvalue weighted by Gasteiger charge is -2.22. The van der Waals surface area contributed by atoms with Crippen LogP contribution in [-0.2, 0) is 22.9 Å². The third kappa shape index (κ3) is 5.77. The second kappa shape index (κ2) is 7.98. The summed E-state index contributed by atoms with van der Waals surface area (Å²) in [5.41, 5.74) is 0. The third-order valence-electron chi connectivity index (χ3n) is 2.19. The van der Waals surface area contributed by atoms with Gasteiger partial charge >= 0.3 is 7.82 Å². The Kier molecular flexibility index (Phi) is 7.88. The summed E-state index contributed by atoms with van der Waals surface area (Å²) in [5.74, 6) is -0.263. The highest BCUT2D eigenvalue weighted by Crippen LogP contribution is 2.50. The molecule has 2 unspecified atom stereocenters. The summed E-state index contributed by atoms with van der Waals surface area (Å²) in [4.78, 5) is 11.8. The van der Waals surface area contributed by atoms with Crippen LogP contribution >= 0.6 is 7.82 Å². The molecule has 0 aliphatic heterocycles. The number of hydrogen-bond acceptors (Lipinski definition) is 5. The zero-order chi connectivity index (χ0) is 13.5. The van der Waals surface area contributed by atoms with Crippen LogP contribution in [0.4, 0.5) is 0 Å². The van der Waals surface area contributed by atoms with Gasteiger partial charge in [0, 0.05) is 13.0 Å². The van der Waals surface area contributed by atoms with Gasteiger partial charge in [-0.2, -0.15) is 0 Å². The first-order valence-electron chi connectivity index (χ1n) is 5.92. The van der Waals surface area contributed by atoms with Gasteiger partial charge in [-0.05, 0) is 12.8 Å². The Bertz CT molecular complexity index is 277. The Morgan fingerprint density at radius 1 is 1.29 bits per heavy atom. The molecule has 0 heterocycles. The number of carbonyl (C=O) groups excluding carboxylic acids is 1. The van der Waals surface area contributed by atoms with Crippen molar-refractivity contribution in [2.45, 2.75) is 46.6 Å². The second-order valence-electron chi connectivity index (χ2n) is 4.02. The number of phosphoric acid groups is 1. The van der Waals surface area contributed by atoms with E-state index in [9.17, 15) is 9.36 Å². The van der Waals surface area contributed by atoms with Gasteiger partial charge in [0.25, 0.3) is 0 Å². The molecule has 0 aliphatic rings. The smallest absolute Gasteiger partial charge is 0.296 e. The summed E-state index contributed by atoms with van der Waals surface area (Å²) < 4.78 is 27.1. The fourth-order valence-electron chi connectivity index (χ4n) is 1.18. The van der Waals surface area contributed by atoms with E-state index < -0.39 is 13.9 Å². The van der Waals surface area contributed by atoms with Gasteiger partial charge in [0.1, 0.15) is 6.10 Å². The number of Topliss-reactive ketones (excluding diaryl/α,β-unsaturated/α-hetero) is 1. The van der Waals surface area contributed by atoms with Crippen molar-refractivity contribution >= 4 is 13.6 Å². The van der Waals surface area contributed by atoms with E-state index in [-0.39, 0.29) is 18.3 Å². The minimum atomic E-state index is -3.60. The van der Waals surface area contributed by atoms with Crippen molar-refractivity contribution in [1.82, 2.24) is 0 Å². The Morgan fingerprint density at radius 3 is 2.24 bits per heavy atom. The zero-order valence-corrected chi connectivity index (χ0v) is 12.2. The number of carbonyl (C=O) groups is 1. The molecule has 0 N–H and O–H groups in total. The van der Waals surface area contributed by atoms with E-state index in [0.29, 0.717) is 12.8 Å². The first kappa shape index (κ1) is 16.8. The fraction of sp³-hybridized carbons (Fsp3) is 0.909. The third-order valence-corrected chi connectivity index (χ3v) is 3.65. The van der Waals surface area contributed by atoms with Crippen LogP contribution in [0.15, 0.2) is 0 Å². The lowest BCUT2D eigenvalue weighted by atomic mass is 10.0. The first-order valence-corrected chi connectivity index (χ1v) is 7.38. The van der Waals surface area contributed by atoms with Gasteiger partial charge in [-0.25, -0.2) is 4.57 Å². The van der Waals surface area contributed by atoms with Crippen LogP contribution in [0.25, 0.3) is 0 Å². The molecule has 6 heteroatoms. The van der Waals surface area contributed by atoms with Gasteiger partial charge < -0.3 is 0 Å². The van der Waals surface area contributed by atoms with Crippen LogP contribution in [-0.4, -0.2) is 25.6 Å². The van der Waals surface area contributed by atoms with Gasteiger partial charge in [0.05, 0.1) is 6.61 Å². The van der Waals surface area contributed by atoms with Crippen LogP contribution in [0, 0.1) is 5.92 Å². The van der Waals surface area contributed by atoms with E-state index in [0.717, 1.165) is 0 Å². The molecule has 5 nitrogen and oxygen atoms in total. The van der Waals surface area contributed by atoms with E-state index in [4.69, 9.17) is 13.6 Å². The Hall–Kier alpha value is -0.220. The van der Waals surface area contributed by atoms with E-state index in [1.165, 1.54) is 7.11 Å². The maximum absolute atomic E-state index is 12.0. The highest BCUT2D eigenvalue weighted by atomic mass is 31.2. The van der Waals surface area contributed by atoms with E-state index in [1.54, 1.807) is 20.8 Å². The average molecular weight is 266 g/mol. The minimum Gasteiger partial charge on any atom is -0.296 e. The summed E-state index contributed by atoms with van der Waals surface area (Å²) in [5, 5.41) is 0. The summed E-state index contributed by atoms with van der Waals surface area (Å²) in [6.07, 6.45) is 0.406. The molecule has 0 aromatic rings. The molecule has 102 valence electrons. The zero-order valence-electron chi connectivity index (χ0n) is 11.3. The fourth-order valence-corrected chi connectivity index (χ4v) is 2.41. The number of phosphoric ester groups is 1. The van der Waals surface area contributed by atoms with Gasteiger partial charge in [-0.3, -0.25) is 18.4 Å². The Morgan fingerprint density at radius 2 is 1.88 bits per heavy atom. The first-order chi connectivity index (χ1) is 7.90. The SMILES string of the molecule is CCCOP(=O)(OC)OC(CC)C(=O)C(C)C. The topological polar surface area (TPSA) is 61.8 Å². The Balaban J connectivity index is 4.61. The van der Waals surface area contributed by atoms with E-state index in [1.807, 2.05) is 6.92 Å². The lowest BCUT2D eigenvalue weighted by molar-refractivity contribution is -0.130. The molecular formula is C11H23O5P. The normalized spacial score (nSPS) is 16.8. The van der Waals surface area contributed by atoms with Gasteiger partial charge in [-0.15, -0.1) is 0 Å². The number of ketones is 1. The van der Waals surface area contributed by atoms with Gasteiger partial charge in [0.15, 0.2) is 5.78 Å². The maximum atomic E-state index is 12.0. The van der Waals surface area contributed by atoms with Crippen molar-refractivity contribution in [3.8, 4) is 0 Å². The maximum Gasteiger partial charge on any atom is 0.475 e. The summed E-state index contributed by atoms with van der Waals surface area (Å²) in [6.45, 7) is 7.51. The number of hydrogen-bond donors (Lipinski definition) is 0. The molecule has 0 amide bonds. The van der Waals surface area contributed by atoms with E-state index in [2.05, 4.69) is 0 Å². The predicted molar refractivity (Wildman–Crippen MR) is 65.9 cm³/mol. The van der Waals surface area contributed by atoms with Gasteiger partial charge in [0.2, 0.25) is 0 Å². The molecule has 2 atom stereocenters. The largest absolute Gasteiger partial charge is 0.475 e. The molecule has 0 aromatic carbocycles. The van der Waals surface area contributed by atoms with Crippen molar-refractivity contribution in [3.05, 3.63) is 0 Å². The van der Waals surface area contributed by atoms with Crippen LogP contribution in [0.5, 0.6) is 0 Å². The molecule has 0 rings (SSSR count). The van der Waals surface area contributed by atoms with Crippen molar-refractivity contribution in [3.63, 3.8) is 0 Å². The highest BCUT2D eigenvalue weighted by Gasteiger charge is 2.32. The summed E-state index contributed by atoms with van der Waals surface area (Å²) in [7, 11) is -2.35. The standard InChI is InChI=1S/C11H23O5P/c1-6-8-15-17(13,14-5)16-10(7-2)11(12)9(3)4/h9-10H,6-8H2,1-5H3. The lowest BCUT2D eigenvalue weighted by Crippen LogP contribution is -2.27. The molecule has 0 spiro atoms. The quantitative estimate of drug-likeness (QED) is 0.600.